The monoisotopic (exact) mass is 504 g/mol. The van der Waals surface area contributed by atoms with E-state index in [9.17, 15) is 0 Å². The largest absolute Gasteiger partial charge is 0.376 e. The lowest BCUT2D eigenvalue weighted by molar-refractivity contribution is 0.0467. The van der Waals surface area contributed by atoms with E-state index in [1.54, 1.807) is 0 Å². The van der Waals surface area contributed by atoms with Crippen LogP contribution in [0.3, 0.4) is 0 Å². The molecule has 1 saturated carbocycles. The average Bonchev–Trinajstić information content (AvgIpc) is 2.92. The Morgan fingerprint density at radius 1 is 1.21 bits per heavy atom. The summed E-state index contributed by atoms with van der Waals surface area (Å²) < 4.78 is 8.11. The summed E-state index contributed by atoms with van der Waals surface area (Å²) in [6.07, 6.45) is 10.2. The maximum Gasteiger partial charge on any atom is 0.191 e. The molecule has 1 aromatic rings. The number of fused-ring (bicyclic) bond motifs is 1. The summed E-state index contributed by atoms with van der Waals surface area (Å²) in [7, 11) is 1.82. The van der Waals surface area contributed by atoms with Crippen molar-refractivity contribution in [1.82, 2.24) is 25.4 Å². The Bertz CT molecular complexity index is 610. The number of nitrogens with zero attached hydrogens (tertiary/aromatic N) is 4. The number of hydrogen-bond donors (Lipinski definition) is 2. The highest BCUT2D eigenvalue weighted by Gasteiger charge is 2.23. The third-order valence-corrected chi connectivity index (χ3v) is 5.51. The first-order valence-electron chi connectivity index (χ1n) is 10.7. The predicted molar refractivity (Wildman–Crippen MR) is 124 cm³/mol. The van der Waals surface area contributed by atoms with E-state index in [0.717, 1.165) is 50.1 Å². The van der Waals surface area contributed by atoms with Crippen LogP contribution in [0.2, 0.25) is 0 Å². The van der Waals surface area contributed by atoms with Crippen LogP contribution >= 0.6 is 24.0 Å². The molecule has 0 radical (unpaired) electrons. The zero-order valence-electron chi connectivity index (χ0n) is 17.6. The Labute approximate surface area is 186 Å². The zero-order chi connectivity index (χ0) is 19.1. The van der Waals surface area contributed by atoms with Crippen molar-refractivity contribution in [3.63, 3.8) is 0 Å². The van der Waals surface area contributed by atoms with Crippen LogP contribution in [0.1, 0.15) is 76.4 Å². The quantitative estimate of drug-likeness (QED) is 0.205. The molecule has 28 heavy (non-hydrogen) atoms. The molecule has 0 spiro atoms. The van der Waals surface area contributed by atoms with E-state index in [1.165, 1.54) is 38.5 Å². The molecule has 160 valence electrons. The second kappa shape index (κ2) is 11.9. The molecule has 0 saturated heterocycles. The predicted octanol–water partition coefficient (Wildman–Crippen LogP) is 3.24. The fraction of sp³-hybridized carbons (Fsp3) is 0.850. The highest BCUT2D eigenvalue weighted by molar-refractivity contribution is 14.0. The van der Waals surface area contributed by atoms with Crippen molar-refractivity contribution >= 4 is 29.9 Å². The normalized spacial score (nSPS) is 21.0. The summed E-state index contributed by atoms with van der Waals surface area (Å²) >= 11 is 0. The number of aliphatic imine (C=N–C) groups is 1. The lowest BCUT2D eigenvalue weighted by Gasteiger charge is -2.25. The van der Waals surface area contributed by atoms with E-state index in [-0.39, 0.29) is 24.0 Å². The highest BCUT2D eigenvalue weighted by atomic mass is 127. The molecule has 1 aliphatic heterocycles. The van der Waals surface area contributed by atoms with Gasteiger partial charge in [0.25, 0.3) is 0 Å². The van der Waals surface area contributed by atoms with E-state index in [2.05, 4.69) is 44.2 Å². The van der Waals surface area contributed by atoms with Gasteiger partial charge >= 0.3 is 0 Å². The lowest BCUT2D eigenvalue weighted by Crippen LogP contribution is -2.47. The van der Waals surface area contributed by atoms with Gasteiger partial charge in [0.15, 0.2) is 11.8 Å². The number of aromatic nitrogens is 3. The Balaban J connectivity index is 0.00000280. The van der Waals surface area contributed by atoms with Crippen LogP contribution in [-0.4, -0.2) is 53.1 Å². The lowest BCUT2D eigenvalue weighted by atomic mass is 10.1. The van der Waals surface area contributed by atoms with Gasteiger partial charge in [-0.05, 0) is 19.3 Å². The molecule has 2 heterocycles. The van der Waals surface area contributed by atoms with Gasteiger partial charge in [-0.25, -0.2) is 9.67 Å². The van der Waals surface area contributed by atoms with Crippen molar-refractivity contribution in [3.05, 3.63) is 11.6 Å². The first-order valence-corrected chi connectivity index (χ1v) is 10.7. The Morgan fingerprint density at radius 2 is 1.96 bits per heavy atom. The molecular formula is C20H37IN6O. The van der Waals surface area contributed by atoms with Crippen LogP contribution in [0.4, 0.5) is 0 Å². The van der Waals surface area contributed by atoms with Crippen molar-refractivity contribution in [2.45, 2.75) is 89.8 Å². The van der Waals surface area contributed by atoms with E-state index in [4.69, 9.17) is 4.74 Å². The van der Waals surface area contributed by atoms with E-state index >= 15 is 0 Å². The second-order valence-corrected chi connectivity index (χ2v) is 8.09. The minimum Gasteiger partial charge on any atom is -0.376 e. The molecule has 2 N–H and O–H groups in total. The summed E-state index contributed by atoms with van der Waals surface area (Å²) in [5.41, 5.74) is 0. The Hall–Kier alpha value is -0.900. The molecule has 1 atom stereocenters. The molecule has 1 unspecified atom stereocenters. The molecule has 3 rings (SSSR count). The van der Waals surface area contributed by atoms with E-state index in [1.807, 2.05) is 7.05 Å². The molecule has 1 fully saturated rings. The number of nitrogens with one attached hydrogen (secondary N) is 2. The van der Waals surface area contributed by atoms with Gasteiger partial charge in [-0.2, -0.15) is 5.10 Å². The number of guanidine groups is 1. The van der Waals surface area contributed by atoms with Crippen molar-refractivity contribution in [2.75, 3.05) is 20.2 Å². The van der Waals surface area contributed by atoms with Gasteiger partial charge in [0, 0.05) is 32.0 Å². The number of hydrogen-bond acceptors (Lipinski definition) is 4. The second-order valence-electron chi connectivity index (χ2n) is 8.09. The fourth-order valence-electron chi connectivity index (χ4n) is 3.88. The van der Waals surface area contributed by atoms with Gasteiger partial charge in [0.2, 0.25) is 0 Å². The number of rotatable bonds is 6. The van der Waals surface area contributed by atoms with Crippen molar-refractivity contribution in [1.29, 1.82) is 0 Å². The van der Waals surface area contributed by atoms with Gasteiger partial charge in [0.1, 0.15) is 5.82 Å². The van der Waals surface area contributed by atoms with Crippen molar-refractivity contribution < 1.29 is 4.74 Å². The molecule has 8 heteroatoms. The zero-order valence-corrected chi connectivity index (χ0v) is 19.9. The molecule has 7 nitrogen and oxygen atoms in total. The van der Waals surface area contributed by atoms with E-state index in [0.29, 0.717) is 18.1 Å². The summed E-state index contributed by atoms with van der Waals surface area (Å²) in [6, 6.07) is 0.327. The van der Waals surface area contributed by atoms with Gasteiger partial charge < -0.3 is 15.4 Å². The molecular weight excluding hydrogens is 467 g/mol. The third kappa shape index (κ3) is 6.86. The maximum atomic E-state index is 6.05. The van der Waals surface area contributed by atoms with Gasteiger partial charge in [-0.1, -0.05) is 39.5 Å². The van der Waals surface area contributed by atoms with Crippen LogP contribution in [-0.2, 0) is 17.7 Å². The van der Waals surface area contributed by atoms with Gasteiger partial charge in [-0.3, -0.25) is 4.99 Å². The number of ether oxygens (including phenoxy) is 1. The smallest absolute Gasteiger partial charge is 0.191 e. The first-order chi connectivity index (χ1) is 13.2. The Kier molecular flexibility index (Phi) is 9.98. The molecule has 1 aromatic heterocycles. The highest BCUT2D eigenvalue weighted by Crippen LogP contribution is 2.19. The molecule has 1 aliphatic carbocycles. The molecule has 0 bridgehead atoms. The van der Waals surface area contributed by atoms with Crippen molar-refractivity contribution in [3.8, 4) is 0 Å². The summed E-state index contributed by atoms with van der Waals surface area (Å²) in [5.74, 6) is 3.27. The standard InChI is InChI=1S/C20H36N6O.HI/c1-15(2)19-24-18-11-10-16(14-26(18)25-19)23-20(21-3)22-12-13-27-17-8-6-4-5-7-9-17;/h15-17H,4-14H2,1-3H3,(H2,21,22,23);1H. The minimum absolute atomic E-state index is 0. The van der Waals surface area contributed by atoms with Crippen LogP contribution < -0.4 is 10.6 Å². The topological polar surface area (TPSA) is 76.4 Å². The van der Waals surface area contributed by atoms with Crippen LogP contribution in [0.15, 0.2) is 4.99 Å². The van der Waals surface area contributed by atoms with Crippen LogP contribution in [0.5, 0.6) is 0 Å². The average molecular weight is 504 g/mol. The molecule has 2 aliphatic rings. The number of aryl methyl sites for hydroxylation is 1. The SMILES string of the molecule is CN=C(NCCOC1CCCCCC1)NC1CCc2nc(C(C)C)nn2C1.I. The van der Waals surface area contributed by atoms with E-state index < -0.39 is 0 Å². The first kappa shape index (κ1) is 23.4. The van der Waals surface area contributed by atoms with Crippen LogP contribution in [0, 0.1) is 0 Å². The number of halogens is 1. The maximum absolute atomic E-state index is 6.05. The fourth-order valence-corrected chi connectivity index (χ4v) is 3.88. The summed E-state index contributed by atoms with van der Waals surface area (Å²) in [5, 5.41) is 11.6. The molecule has 0 amide bonds. The Morgan fingerprint density at radius 3 is 2.64 bits per heavy atom. The minimum atomic E-state index is 0. The van der Waals surface area contributed by atoms with Crippen LogP contribution in [0.25, 0.3) is 0 Å². The third-order valence-electron chi connectivity index (χ3n) is 5.51. The summed E-state index contributed by atoms with van der Waals surface area (Å²) in [6.45, 7) is 6.64. The summed E-state index contributed by atoms with van der Waals surface area (Å²) in [4.78, 5) is 9.02. The van der Waals surface area contributed by atoms with Crippen molar-refractivity contribution in [2.24, 2.45) is 4.99 Å². The van der Waals surface area contributed by atoms with Gasteiger partial charge in [0.05, 0.1) is 19.3 Å². The van der Waals surface area contributed by atoms with Gasteiger partial charge in [-0.15, -0.1) is 24.0 Å². The molecule has 0 aromatic carbocycles.